The number of benzene rings is 1. The molecular formula is C17H13ClN8O2S. The number of aromatic amines is 1. The lowest BCUT2D eigenvalue weighted by atomic mass is 10.2. The average Bonchev–Trinajstić information content (AvgIpc) is 3.25. The Morgan fingerprint density at radius 3 is 2.62 bits per heavy atom. The van der Waals surface area contributed by atoms with Gasteiger partial charge < -0.3 is 16.5 Å². The van der Waals surface area contributed by atoms with Crippen molar-refractivity contribution in [2.75, 3.05) is 16.5 Å². The van der Waals surface area contributed by atoms with Crippen LogP contribution in [0.2, 0.25) is 5.02 Å². The largest absolute Gasteiger partial charge is 0.384 e. The molecule has 2 aromatic heterocycles. The molecule has 6 N–H and O–H groups in total. The van der Waals surface area contributed by atoms with Crippen LogP contribution in [0.25, 0.3) is 5.69 Å². The Kier molecular flexibility index (Phi) is 5.85. The highest BCUT2D eigenvalue weighted by atomic mass is 35.5. The van der Waals surface area contributed by atoms with Crippen molar-refractivity contribution in [3.05, 3.63) is 56.7 Å². The van der Waals surface area contributed by atoms with Gasteiger partial charge in [0.25, 0.3) is 11.5 Å². The molecule has 3 rings (SSSR count). The Morgan fingerprint density at radius 2 is 2.03 bits per heavy atom. The van der Waals surface area contributed by atoms with Crippen LogP contribution in [0.4, 0.5) is 16.5 Å². The summed E-state index contributed by atoms with van der Waals surface area (Å²) in [7, 11) is 0. The molecule has 0 saturated heterocycles. The second-order valence-corrected chi connectivity index (χ2v) is 6.96. The fourth-order valence-corrected chi connectivity index (χ4v) is 3.35. The van der Waals surface area contributed by atoms with Gasteiger partial charge in [0, 0.05) is 22.2 Å². The Morgan fingerprint density at radius 1 is 1.31 bits per heavy atom. The number of nitrogens with zero attached hydrogens (tertiary/aromatic N) is 3. The Balaban J connectivity index is 1.74. The summed E-state index contributed by atoms with van der Waals surface area (Å²) in [5.74, 6) is -0.557. The van der Waals surface area contributed by atoms with E-state index in [4.69, 9.17) is 17.3 Å². The highest BCUT2D eigenvalue weighted by molar-refractivity contribution is 7.15. The molecule has 0 fully saturated rings. The minimum absolute atomic E-state index is 0.101. The summed E-state index contributed by atoms with van der Waals surface area (Å²) in [6, 6.07) is 10.4. The fraction of sp³-hybridized carbons (Fsp3) is 0.0588. The molecule has 0 saturated carbocycles. The highest BCUT2D eigenvalue weighted by Crippen LogP contribution is 2.31. The van der Waals surface area contributed by atoms with Crippen LogP contribution in [0, 0.1) is 22.7 Å². The predicted octanol–water partition coefficient (Wildman–Crippen LogP) is 1.78. The van der Waals surface area contributed by atoms with E-state index < -0.39 is 17.5 Å². The zero-order chi connectivity index (χ0) is 21.0. The summed E-state index contributed by atoms with van der Waals surface area (Å²) in [4.78, 5) is 23.9. The van der Waals surface area contributed by atoms with Crippen molar-refractivity contribution in [3.8, 4) is 17.8 Å². The van der Waals surface area contributed by atoms with Crippen LogP contribution in [0.15, 0.2) is 40.5 Å². The van der Waals surface area contributed by atoms with Gasteiger partial charge in [-0.2, -0.15) is 10.5 Å². The van der Waals surface area contributed by atoms with Crippen LogP contribution < -0.4 is 27.5 Å². The van der Waals surface area contributed by atoms with Gasteiger partial charge in [-0.25, -0.2) is 10.1 Å². The van der Waals surface area contributed by atoms with Gasteiger partial charge in [0.05, 0.1) is 11.8 Å². The second-order valence-electron chi connectivity index (χ2n) is 5.65. The summed E-state index contributed by atoms with van der Waals surface area (Å²) in [5.41, 5.74) is 11.7. The predicted molar refractivity (Wildman–Crippen MR) is 110 cm³/mol. The molecule has 0 aliphatic heterocycles. The first-order valence-electron chi connectivity index (χ1n) is 8.00. The lowest BCUT2D eigenvalue weighted by Gasteiger charge is -2.13. The van der Waals surface area contributed by atoms with E-state index >= 15 is 0 Å². The summed E-state index contributed by atoms with van der Waals surface area (Å²) >= 11 is 6.87. The number of nitrogen functional groups attached to an aromatic ring is 1. The van der Waals surface area contributed by atoms with Crippen LogP contribution >= 0.6 is 22.9 Å². The first kappa shape index (κ1) is 20.0. The maximum absolute atomic E-state index is 12.5. The number of anilines is 3. The van der Waals surface area contributed by atoms with Crippen LogP contribution in [0.1, 0.15) is 5.56 Å². The summed E-state index contributed by atoms with van der Waals surface area (Å²) < 4.78 is 1.25. The third-order valence-electron chi connectivity index (χ3n) is 3.72. The van der Waals surface area contributed by atoms with Crippen molar-refractivity contribution in [2.24, 2.45) is 0 Å². The summed E-state index contributed by atoms with van der Waals surface area (Å²) in [5, 5.41) is 26.1. The Labute approximate surface area is 173 Å². The number of rotatable bonds is 6. The molecule has 10 nitrogen and oxygen atoms in total. The van der Waals surface area contributed by atoms with E-state index in [1.54, 1.807) is 29.6 Å². The van der Waals surface area contributed by atoms with Gasteiger partial charge in [-0.05, 0) is 24.3 Å². The summed E-state index contributed by atoms with van der Waals surface area (Å²) in [6.45, 7) is 0. The number of H-pyrrole nitrogens is 1. The van der Waals surface area contributed by atoms with Gasteiger partial charge in [-0.1, -0.05) is 11.6 Å². The molecule has 0 aliphatic carbocycles. The topological polar surface area (TPSA) is 165 Å². The van der Waals surface area contributed by atoms with Gasteiger partial charge in [0.15, 0.2) is 6.04 Å². The fourth-order valence-electron chi connectivity index (χ4n) is 2.35. The van der Waals surface area contributed by atoms with Gasteiger partial charge >= 0.3 is 0 Å². The maximum atomic E-state index is 12.5. The molecule has 1 aromatic carbocycles. The third-order valence-corrected chi connectivity index (χ3v) is 4.85. The van der Waals surface area contributed by atoms with Gasteiger partial charge in [0.1, 0.15) is 22.5 Å². The van der Waals surface area contributed by atoms with E-state index in [2.05, 4.69) is 21.3 Å². The number of thiophene rings is 1. The number of hydrogen-bond acceptors (Lipinski definition) is 8. The minimum Gasteiger partial charge on any atom is -0.384 e. The van der Waals surface area contributed by atoms with Crippen LogP contribution in [0.3, 0.4) is 0 Å². The van der Waals surface area contributed by atoms with Crippen molar-refractivity contribution < 1.29 is 4.79 Å². The van der Waals surface area contributed by atoms with Crippen LogP contribution in [-0.4, -0.2) is 21.7 Å². The SMILES string of the molecule is N#Cc1c(-n2[nH]c(=O)cc2N)csc1NC(=O)C(C#N)NNc1ccc(Cl)cc1. The number of halogens is 1. The van der Waals surface area contributed by atoms with Crippen LogP contribution in [0.5, 0.6) is 0 Å². The Hall–Kier alpha value is -3.77. The lowest BCUT2D eigenvalue weighted by molar-refractivity contribution is -0.116. The molecule has 3 aromatic rings. The molecular weight excluding hydrogens is 416 g/mol. The zero-order valence-corrected chi connectivity index (χ0v) is 16.1. The first-order valence-corrected chi connectivity index (χ1v) is 9.25. The molecule has 0 aliphatic rings. The number of amides is 1. The molecule has 1 unspecified atom stereocenters. The molecule has 29 heavy (non-hydrogen) atoms. The highest BCUT2D eigenvalue weighted by Gasteiger charge is 2.22. The molecule has 1 atom stereocenters. The summed E-state index contributed by atoms with van der Waals surface area (Å²) in [6.07, 6.45) is 0. The third kappa shape index (κ3) is 4.39. The Bertz CT molecular complexity index is 1180. The molecule has 0 spiro atoms. The monoisotopic (exact) mass is 428 g/mol. The molecule has 0 radical (unpaired) electrons. The molecule has 2 heterocycles. The normalized spacial score (nSPS) is 11.3. The van der Waals surface area contributed by atoms with Crippen molar-refractivity contribution in [1.29, 1.82) is 10.5 Å². The lowest BCUT2D eigenvalue weighted by Crippen LogP contribution is -2.42. The smallest absolute Gasteiger partial charge is 0.266 e. The van der Waals surface area contributed by atoms with E-state index in [9.17, 15) is 20.1 Å². The van der Waals surface area contributed by atoms with E-state index in [0.29, 0.717) is 16.4 Å². The quantitative estimate of drug-likeness (QED) is 0.373. The standard InChI is InChI=1S/C17H13ClN8O2S/c18-9-1-3-10(4-2-9)23-24-12(7-20)16(28)22-17-11(6-19)13(8-29-17)26-14(21)5-15(27)25-26/h1-5,8,12,23-24H,21H2,(H,22,28)(H,25,27). The number of nitriles is 2. The number of carbonyl (C=O) groups excluding carboxylic acids is 1. The van der Waals surface area contributed by atoms with E-state index in [0.717, 1.165) is 11.3 Å². The van der Waals surface area contributed by atoms with Crippen molar-refractivity contribution >= 4 is 45.4 Å². The molecule has 0 bridgehead atoms. The number of nitrogens with two attached hydrogens (primary N) is 1. The molecule has 12 heteroatoms. The van der Waals surface area contributed by atoms with Crippen molar-refractivity contribution in [1.82, 2.24) is 15.2 Å². The maximum Gasteiger partial charge on any atom is 0.266 e. The number of hydrazine groups is 1. The van der Waals surface area contributed by atoms with Gasteiger partial charge in [-0.3, -0.25) is 14.7 Å². The number of carbonyl (C=O) groups is 1. The van der Waals surface area contributed by atoms with E-state index in [-0.39, 0.29) is 16.4 Å². The van der Waals surface area contributed by atoms with E-state index in [1.165, 1.54) is 10.7 Å². The number of nitrogens with one attached hydrogen (secondary N) is 4. The van der Waals surface area contributed by atoms with Gasteiger partial charge in [-0.15, -0.1) is 11.3 Å². The number of hydrogen-bond donors (Lipinski definition) is 5. The zero-order valence-electron chi connectivity index (χ0n) is 14.6. The minimum atomic E-state index is -1.25. The van der Waals surface area contributed by atoms with E-state index in [1.807, 2.05) is 12.1 Å². The molecule has 146 valence electrons. The van der Waals surface area contributed by atoms with Gasteiger partial charge in [0.2, 0.25) is 0 Å². The first-order chi connectivity index (χ1) is 13.9. The van der Waals surface area contributed by atoms with Crippen LogP contribution in [-0.2, 0) is 4.79 Å². The average molecular weight is 429 g/mol. The second kappa shape index (κ2) is 8.50. The van der Waals surface area contributed by atoms with Crippen molar-refractivity contribution in [2.45, 2.75) is 6.04 Å². The number of aromatic nitrogens is 2. The van der Waals surface area contributed by atoms with Crippen molar-refractivity contribution in [3.63, 3.8) is 0 Å². The molecule has 1 amide bonds.